The fourth-order valence-electron chi connectivity index (χ4n) is 3.42. The van der Waals surface area contributed by atoms with E-state index < -0.39 is 6.09 Å². The summed E-state index contributed by atoms with van der Waals surface area (Å²) in [6.45, 7) is 1.33. The van der Waals surface area contributed by atoms with E-state index in [9.17, 15) is 4.79 Å². The number of hydrogen-bond acceptors (Lipinski definition) is 2. The SMILES string of the molecule is O=C(O)N1CCC(c2ccnc3c2CCCC3)CC1. The second-order valence-corrected chi connectivity index (χ2v) is 5.58. The molecule has 4 nitrogen and oxygen atoms in total. The summed E-state index contributed by atoms with van der Waals surface area (Å²) in [5, 5.41) is 9.00. The molecule has 1 N–H and O–H groups in total. The summed E-state index contributed by atoms with van der Waals surface area (Å²) in [5.41, 5.74) is 4.18. The number of rotatable bonds is 1. The first kappa shape index (κ1) is 12.5. The Balaban J connectivity index is 1.78. The number of nitrogens with zero attached hydrogens (tertiary/aromatic N) is 2. The van der Waals surface area contributed by atoms with E-state index in [-0.39, 0.29) is 0 Å². The molecule has 1 fully saturated rings. The average Bonchev–Trinajstić information content (AvgIpc) is 2.47. The Morgan fingerprint density at radius 3 is 2.74 bits per heavy atom. The van der Waals surface area contributed by atoms with Gasteiger partial charge >= 0.3 is 6.09 Å². The van der Waals surface area contributed by atoms with Gasteiger partial charge in [0, 0.05) is 25.0 Å². The molecule has 0 atom stereocenters. The number of amides is 1. The number of piperidine rings is 1. The van der Waals surface area contributed by atoms with Crippen molar-refractivity contribution in [1.82, 2.24) is 9.88 Å². The quantitative estimate of drug-likeness (QED) is 0.844. The monoisotopic (exact) mass is 260 g/mol. The van der Waals surface area contributed by atoms with E-state index in [0.29, 0.717) is 19.0 Å². The number of hydrogen-bond donors (Lipinski definition) is 1. The Hall–Kier alpha value is -1.58. The van der Waals surface area contributed by atoms with E-state index in [1.54, 1.807) is 0 Å². The number of carboxylic acid groups (broad SMARTS) is 1. The molecule has 0 spiro atoms. The summed E-state index contributed by atoms with van der Waals surface area (Å²) in [4.78, 5) is 17.0. The molecule has 0 unspecified atom stereocenters. The van der Waals surface area contributed by atoms with Gasteiger partial charge in [-0.15, -0.1) is 0 Å². The molecule has 3 rings (SSSR count). The minimum Gasteiger partial charge on any atom is -0.465 e. The number of aromatic nitrogens is 1. The number of aryl methyl sites for hydroxylation is 1. The third kappa shape index (κ3) is 2.44. The molecule has 2 aliphatic rings. The van der Waals surface area contributed by atoms with E-state index in [1.165, 1.54) is 34.6 Å². The van der Waals surface area contributed by atoms with Crippen LogP contribution in [0, 0.1) is 0 Å². The predicted octanol–water partition coefficient (Wildman–Crippen LogP) is 2.82. The van der Waals surface area contributed by atoms with Gasteiger partial charge in [0.2, 0.25) is 0 Å². The van der Waals surface area contributed by atoms with E-state index in [1.807, 2.05) is 6.20 Å². The van der Waals surface area contributed by atoms with Crippen LogP contribution in [0.5, 0.6) is 0 Å². The van der Waals surface area contributed by atoms with Gasteiger partial charge in [-0.3, -0.25) is 4.98 Å². The molecule has 0 bridgehead atoms. The van der Waals surface area contributed by atoms with Gasteiger partial charge in [-0.25, -0.2) is 4.79 Å². The van der Waals surface area contributed by atoms with Gasteiger partial charge in [-0.1, -0.05) is 0 Å². The highest BCUT2D eigenvalue weighted by atomic mass is 16.4. The Morgan fingerprint density at radius 2 is 2.00 bits per heavy atom. The molecule has 1 aromatic heterocycles. The number of pyridine rings is 1. The summed E-state index contributed by atoms with van der Waals surface area (Å²) in [5.74, 6) is 0.519. The molecule has 1 saturated heterocycles. The molecule has 0 saturated carbocycles. The van der Waals surface area contributed by atoms with Crippen LogP contribution in [0.3, 0.4) is 0 Å². The molecule has 4 heteroatoms. The topological polar surface area (TPSA) is 53.4 Å². The van der Waals surface area contributed by atoms with Crippen LogP contribution in [0.25, 0.3) is 0 Å². The molecular formula is C15H20N2O2. The Kier molecular flexibility index (Phi) is 3.40. The Labute approximate surface area is 113 Å². The lowest BCUT2D eigenvalue weighted by Gasteiger charge is -2.32. The molecule has 19 heavy (non-hydrogen) atoms. The lowest BCUT2D eigenvalue weighted by atomic mass is 9.82. The van der Waals surface area contributed by atoms with Crippen molar-refractivity contribution in [1.29, 1.82) is 0 Å². The highest BCUT2D eigenvalue weighted by Gasteiger charge is 2.26. The second kappa shape index (κ2) is 5.19. The molecule has 1 aromatic rings. The van der Waals surface area contributed by atoms with Crippen molar-refractivity contribution in [3.8, 4) is 0 Å². The zero-order valence-electron chi connectivity index (χ0n) is 11.1. The fourth-order valence-corrected chi connectivity index (χ4v) is 3.42. The van der Waals surface area contributed by atoms with Crippen LogP contribution in [0.4, 0.5) is 4.79 Å². The van der Waals surface area contributed by atoms with Crippen molar-refractivity contribution in [2.45, 2.75) is 44.4 Å². The minimum absolute atomic E-state index is 0.519. The third-order valence-corrected chi connectivity index (χ3v) is 4.48. The normalized spacial score (nSPS) is 20.1. The van der Waals surface area contributed by atoms with Gasteiger partial charge < -0.3 is 10.0 Å². The molecule has 1 amide bonds. The van der Waals surface area contributed by atoms with Crippen molar-refractivity contribution < 1.29 is 9.90 Å². The van der Waals surface area contributed by atoms with Gasteiger partial charge in [0.05, 0.1) is 0 Å². The van der Waals surface area contributed by atoms with Crippen LogP contribution < -0.4 is 0 Å². The lowest BCUT2D eigenvalue weighted by Crippen LogP contribution is -2.37. The van der Waals surface area contributed by atoms with Crippen molar-refractivity contribution >= 4 is 6.09 Å². The molecule has 0 aromatic carbocycles. The van der Waals surface area contributed by atoms with E-state index in [0.717, 1.165) is 25.7 Å². The van der Waals surface area contributed by atoms with E-state index in [4.69, 9.17) is 5.11 Å². The van der Waals surface area contributed by atoms with Gasteiger partial charge in [-0.2, -0.15) is 0 Å². The fraction of sp³-hybridized carbons (Fsp3) is 0.600. The molecule has 2 heterocycles. The van der Waals surface area contributed by atoms with Gasteiger partial charge in [0.15, 0.2) is 0 Å². The van der Waals surface area contributed by atoms with Crippen LogP contribution in [0.2, 0.25) is 0 Å². The first-order valence-corrected chi connectivity index (χ1v) is 7.20. The van der Waals surface area contributed by atoms with Crippen molar-refractivity contribution in [3.63, 3.8) is 0 Å². The van der Waals surface area contributed by atoms with Gasteiger partial charge in [-0.05, 0) is 61.6 Å². The van der Waals surface area contributed by atoms with Gasteiger partial charge in [0.25, 0.3) is 0 Å². The third-order valence-electron chi connectivity index (χ3n) is 4.48. The van der Waals surface area contributed by atoms with Crippen LogP contribution >= 0.6 is 0 Å². The first-order chi connectivity index (χ1) is 9.25. The Morgan fingerprint density at radius 1 is 1.26 bits per heavy atom. The average molecular weight is 260 g/mol. The molecule has 102 valence electrons. The maximum absolute atomic E-state index is 10.9. The predicted molar refractivity (Wildman–Crippen MR) is 72.5 cm³/mol. The highest BCUT2D eigenvalue weighted by Crippen LogP contribution is 2.33. The number of fused-ring (bicyclic) bond motifs is 1. The van der Waals surface area contributed by atoms with Gasteiger partial charge in [0.1, 0.15) is 0 Å². The summed E-state index contributed by atoms with van der Waals surface area (Å²) in [7, 11) is 0. The maximum atomic E-state index is 10.9. The molecule has 1 aliphatic heterocycles. The number of likely N-dealkylation sites (tertiary alicyclic amines) is 1. The van der Waals surface area contributed by atoms with Crippen molar-refractivity contribution in [2.24, 2.45) is 0 Å². The van der Waals surface area contributed by atoms with Crippen molar-refractivity contribution in [2.75, 3.05) is 13.1 Å². The lowest BCUT2D eigenvalue weighted by molar-refractivity contribution is 0.132. The van der Waals surface area contributed by atoms with Crippen LogP contribution in [0.1, 0.15) is 48.4 Å². The summed E-state index contributed by atoms with van der Waals surface area (Å²) >= 11 is 0. The van der Waals surface area contributed by atoms with E-state index in [2.05, 4.69) is 11.1 Å². The maximum Gasteiger partial charge on any atom is 0.407 e. The zero-order chi connectivity index (χ0) is 13.2. The smallest absolute Gasteiger partial charge is 0.407 e. The molecule has 1 aliphatic carbocycles. The summed E-state index contributed by atoms with van der Waals surface area (Å²) in [6.07, 6.45) is 7.82. The van der Waals surface area contributed by atoms with E-state index >= 15 is 0 Å². The second-order valence-electron chi connectivity index (χ2n) is 5.58. The van der Waals surface area contributed by atoms with Crippen LogP contribution in [-0.2, 0) is 12.8 Å². The highest BCUT2D eigenvalue weighted by molar-refractivity contribution is 5.65. The van der Waals surface area contributed by atoms with Crippen LogP contribution in [-0.4, -0.2) is 34.2 Å². The largest absolute Gasteiger partial charge is 0.465 e. The molecule has 0 radical (unpaired) electrons. The summed E-state index contributed by atoms with van der Waals surface area (Å²) < 4.78 is 0. The minimum atomic E-state index is -0.782. The standard InChI is InChI=1S/C15H20N2O2/c18-15(19)17-9-6-11(7-10-17)12-5-8-16-14-4-2-1-3-13(12)14/h5,8,11H,1-4,6-7,9-10H2,(H,18,19). The van der Waals surface area contributed by atoms with Crippen LogP contribution in [0.15, 0.2) is 12.3 Å². The first-order valence-electron chi connectivity index (χ1n) is 7.20. The van der Waals surface area contributed by atoms with Crippen molar-refractivity contribution in [3.05, 3.63) is 29.1 Å². The zero-order valence-corrected chi connectivity index (χ0v) is 11.1. The Bertz CT molecular complexity index is 479. The summed E-state index contributed by atoms with van der Waals surface area (Å²) in [6, 6.07) is 2.16. The number of carbonyl (C=O) groups is 1. The molecular weight excluding hydrogens is 240 g/mol.